The molecular formula is C25H27NO7. The molecule has 8 heteroatoms. The number of rotatable bonds is 12. The normalized spacial score (nSPS) is 13.6. The topological polar surface area (TPSA) is 99.2 Å². The van der Waals surface area contributed by atoms with Crippen molar-refractivity contribution in [3.05, 3.63) is 65.2 Å². The van der Waals surface area contributed by atoms with Gasteiger partial charge in [0.25, 0.3) is 11.8 Å². The van der Waals surface area contributed by atoms with Crippen molar-refractivity contribution in [1.82, 2.24) is 4.90 Å². The van der Waals surface area contributed by atoms with Crippen molar-refractivity contribution in [2.24, 2.45) is 5.92 Å². The first kappa shape index (κ1) is 24.1. The average molecular weight is 453 g/mol. The summed E-state index contributed by atoms with van der Waals surface area (Å²) in [5.41, 5.74) is 1.13. The van der Waals surface area contributed by atoms with Gasteiger partial charge in [-0.05, 0) is 42.8 Å². The van der Waals surface area contributed by atoms with Crippen LogP contribution in [0.15, 0.2) is 48.5 Å². The number of ether oxygens (including phenoxy) is 3. The van der Waals surface area contributed by atoms with Crippen molar-refractivity contribution < 1.29 is 33.4 Å². The number of esters is 1. The number of ketones is 1. The second-order valence-corrected chi connectivity index (χ2v) is 7.68. The van der Waals surface area contributed by atoms with Crippen LogP contribution in [0.3, 0.4) is 0 Å². The molecular weight excluding hydrogens is 426 g/mol. The number of Topliss-reactive ketones (excluding diaryl/α,β-unsaturated/α-hetero) is 1. The first-order valence-corrected chi connectivity index (χ1v) is 10.9. The molecule has 0 N–H and O–H groups in total. The highest BCUT2D eigenvalue weighted by molar-refractivity contribution is 6.22. The molecule has 174 valence electrons. The zero-order valence-corrected chi connectivity index (χ0v) is 18.7. The molecule has 2 amide bonds. The molecule has 8 nitrogen and oxygen atoms in total. The highest BCUT2D eigenvalue weighted by Crippen LogP contribution is 2.22. The van der Waals surface area contributed by atoms with E-state index in [0.29, 0.717) is 24.5 Å². The number of carbonyl (C=O) groups excluding carboxylic acids is 4. The largest absolute Gasteiger partial charge is 0.490 e. The highest BCUT2D eigenvalue weighted by Gasteiger charge is 2.36. The molecule has 1 aliphatic heterocycles. The quantitative estimate of drug-likeness (QED) is 0.211. The van der Waals surface area contributed by atoms with Crippen molar-refractivity contribution in [2.45, 2.75) is 20.3 Å². The lowest BCUT2D eigenvalue weighted by Crippen LogP contribution is -2.36. The number of nitrogens with zero attached hydrogens (tertiary/aromatic N) is 1. The number of amides is 2. The first-order chi connectivity index (χ1) is 15.9. The second-order valence-electron chi connectivity index (χ2n) is 7.68. The van der Waals surface area contributed by atoms with Crippen molar-refractivity contribution >= 4 is 23.6 Å². The van der Waals surface area contributed by atoms with E-state index in [1.54, 1.807) is 48.5 Å². The molecule has 0 aromatic heterocycles. The Morgan fingerprint density at radius 2 is 1.55 bits per heavy atom. The van der Waals surface area contributed by atoms with Gasteiger partial charge in [0, 0.05) is 18.1 Å². The van der Waals surface area contributed by atoms with E-state index in [9.17, 15) is 19.2 Å². The van der Waals surface area contributed by atoms with Gasteiger partial charge in [-0.2, -0.15) is 0 Å². The lowest BCUT2D eigenvalue weighted by Gasteiger charge is -2.13. The maximum Gasteiger partial charge on any atom is 0.326 e. The molecule has 0 radical (unpaired) electrons. The molecule has 33 heavy (non-hydrogen) atoms. The number of benzene rings is 2. The van der Waals surface area contributed by atoms with E-state index < -0.39 is 24.3 Å². The molecule has 0 spiro atoms. The van der Waals surface area contributed by atoms with Gasteiger partial charge in [-0.1, -0.05) is 26.0 Å². The minimum Gasteiger partial charge on any atom is -0.490 e. The van der Waals surface area contributed by atoms with Gasteiger partial charge in [-0.15, -0.1) is 0 Å². The standard InChI is InChI=1S/C25H27NO7/c1-3-12-31-16-17(2)23(28)18-8-10-19(11-9-18)32-13-14-33-22(27)15-26-24(29)20-6-4-5-7-21(20)25(26)30/h4-11,17H,3,12-16H2,1-2H3. The molecule has 1 aliphatic rings. The molecule has 3 rings (SSSR count). The van der Waals surface area contributed by atoms with Gasteiger partial charge in [-0.3, -0.25) is 24.1 Å². The van der Waals surface area contributed by atoms with Gasteiger partial charge < -0.3 is 14.2 Å². The summed E-state index contributed by atoms with van der Waals surface area (Å²) in [6, 6.07) is 13.1. The molecule has 0 aliphatic carbocycles. The van der Waals surface area contributed by atoms with Crippen LogP contribution in [-0.2, 0) is 14.3 Å². The Morgan fingerprint density at radius 3 is 2.15 bits per heavy atom. The Morgan fingerprint density at radius 1 is 0.909 bits per heavy atom. The van der Waals surface area contributed by atoms with Gasteiger partial charge in [0.05, 0.1) is 17.7 Å². The van der Waals surface area contributed by atoms with Crippen molar-refractivity contribution in [3.63, 3.8) is 0 Å². The van der Waals surface area contributed by atoms with Crippen LogP contribution in [0.4, 0.5) is 0 Å². The van der Waals surface area contributed by atoms with Gasteiger partial charge in [0.1, 0.15) is 25.5 Å². The SMILES string of the molecule is CCCOCC(C)C(=O)c1ccc(OCCOC(=O)CN2C(=O)c3ccccc3C2=O)cc1. The summed E-state index contributed by atoms with van der Waals surface area (Å²) in [4.78, 5) is 49.9. The van der Waals surface area contributed by atoms with Crippen molar-refractivity contribution in [2.75, 3.05) is 33.0 Å². The average Bonchev–Trinajstić information content (AvgIpc) is 3.07. The molecule has 1 heterocycles. The molecule has 1 atom stereocenters. The van der Waals surface area contributed by atoms with Crippen LogP contribution in [0.5, 0.6) is 5.75 Å². The third-order valence-electron chi connectivity index (χ3n) is 5.08. The number of carbonyl (C=O) groups is 4. The van der Waals surface area contributed by atoms with E-state index in [4.69, 9.17) is 14.2 Å². The minimum atomic E-state index is -0.701. The predicted molar refractivity (Wildman–Crippen MR) is 119 cm³/mol. The van der Waals surface area contributed by atoms with E-state index >= 15 is 0 Å². The van der Waals surface area contributed by atoms with E-state index in [2.05, 4.69) is 0 Å². The van der Waals surface area contributed by atoms with Crippen LogP contribution in [0.25, 0.3) is 0 Å². The Kier molecular flexibility index (Phi) is 8.32. The fourth-order valence-corrected chi connectivity index (χ4v) is 3.35. The summed E-state index contributed by atoms with van der Waals surface area (Å²) in [6.07, 6.45) is 0.908. The van der Waals surface area contributed by atoms with Crippen molar-refractivity contribution in [3.8, 4) is 5.75 Å². The maximum absolute atomic E-state index is 12.4. The Labute approximate surface area is 192 Å². The molecule has 1 unspecified atom stereocenters. The Balaban J connectivity index is 1.39. The van der Waals surface area contributed by atoms with Crippen LogP contribution in [0, 0.1) is 5.92 Å². The predicted octanol–water partition coefficient (Wildman–Crippen LogP) is 3.15. The first-order valence-electron chi connectivity index (χ1n) is 10.9. The summed E-state index contributed by atoms with van der Waals surface area (Å²) < 4.78 is 16.1. The van der Waals surface area contributed by atoms with Crippen LogP contribution in [-0.4, -0.2) is 61.4 Å². The highest BCUT2D eigenvalue weighted by atomic mass is 16.6. The monoisotopic (exact) mass is 453 g/mol. The van der Waals surface area contributed by atoms with Crippen LogP contribution in [0.1, 0.15) is 51.3 Å². The zero-order valence-electron chi connectivity index (χ0n) is 18.7. The van der Waals surface area contributed by atoms with E-state index in [-0.39, 0.29) is 36.0 Å². The number of imide groups is 1. The zero-order chi connectivity index (χ0) is 23.8. The van der Waals surface area contributed by atoms with E-state index in [1.807, 2.05) is 13.8 Å². The molecule has 0 bridgehead atoms. The lowest BCUT2D eigenvalue weighted by molar-refractivity contribution is -0.144. The van der Waals surface area contributed by atoms with Gasteiger partial charge in [0.2, 0.25) is 0 Å². The summed E-state index contributed by atoms with van der Waals surface area (Å²) in [7, 11) is 0. The Bertz CT molecular complexity index is 981. The molecule has 0 fully saturated rings. The second kappa shape index (κ2) is 11.4. The molecule has 0 saturated heterocycles. The van der Waals surface area contributed by atoms with Gasteiger partial charge in [-0.25, -0.2) is 0 Å². The third-order valence-corrected chi connectivity index (χ3v) is 5.08. The number of hydrogen-bond donors (Lipinski definition) is 0. The summed E-state index contributed by atoms with van der Waals surface area (Å²) in [5.74, 6) is -1.43. The molecule has 0 saturated carbocycles. The van der Waals surface area contributed by atoms with Gasteiger partial charge >= 0.3 is 5.97 Å². The van der Waals surface area contributed by atoms with Gasteiger partial charge in [0.15, 0.2) is 5.78 Å². The van der Waals surface area contributed by atoms with Crippen molar-refractivity contribution in [1.29, 1.82) is 0 Å². The summed E-state index contributed by atoms with van der Waals surface area (Å²) >= 11 is 0. The van der Waals surface area contributed by atoms with Crippen LogP contribution < -0.4 is 4.74 Å². The molecule has 2 aromatic carbocycles. The number of fused-ring (bicyclic) bond motifs is 1. The summed E-state index contributed by atoms with van der Waals surface area (Å²) in [5, 5.41) is 0. The van der Waals surface area contributed by atoms with Crippen LogP contribution in [0.2, 0.25) is 0 Å². The Hall–Kier alpha value is -3.52. The van der Waals surface area contributed by atoms with E-state index in [1.165, 1.54) is 0 Å². The maximum atomic E-state index is 12.4. The summed E-state index contributed by atoms with van der Waals surface area (Å²) in [6.45, 7) is 4.45. The lowest BCUT2D eigenvalue weighted by atomic mass is 10.0. The fraction of sp³-hybridized carbons (Fsp3) is 0.360. The third kappa shape index (κ3) is 6.04. The van der Waals surface area contributed by atoms with Crippen LogP contribution >= 0.6 is 0 Å². The molecule has 2 aromatic rings. The smallest absolute Gasteiger partial charge is 0.326 e. The number of hydrogen-bond acceptors (Lipinski definition) is 7. The van der Waals surface area contributed by atoms with E-state index in [0.717, 1.165) is 11.3 Å². The fourth-order valence-electron chi connectivity index (χ4n) is 3.35. The minimum absolute atomic E-state index is 0.000240.